The third-order valence-electron chi connectivity index (χ3n) is 6.56. The van der Waals surface area contributed by atoms with Crippen LogP contribution in [0.5, 0.6) is 0 Å². The molecule has 1 aliphatic rings. The lowest BCUT2D eigenvalue weighted by Gasteiger charge is -2.27. The Balaban J connectivity index is 1.44. The molecule has 1 amide bonds. The quantitative estimate of drug-likeness (QED) is 0.429. The highest BCUT2D eigenvalue weighted by molar-refractivity contribution is 7.89. The van der Waals surface area contributed by atoms with E-state index in [1.165, 1.54) is 37.5 Å². The summed E-state index contributed by atoms with van der Waals surface area (Å²) in [5, 5.41) is 2.83. The van der Waals surface area contributed by atoms with Crippen molar-refractivity contribution in [2.45, 2.75) is 50.6 Å². The second-order valence-corrected chi connectivity index (χ2v) is 11.5. The molecule has 1 unspecified atom stereocenters. The number of alkyl halides is 3. The lowest BCUT2D eigenvalue weighted by molar-refractivity contribution is -0.137. The Labute approximate surface area is 220 Å². The lowest BCUT2D eigenvalue weighted by Crippen LogP contribution is -2.25. The number of hydrogen-bond acceptors (Lipinski definition) is 5. The number of nitrogens with one attached hydrogen (secondary N) is 2. The number of nitrogens with zero attached hydrogens (tertiary/aromatic N) is 2. The van der Waals surface area contributed by atoms with Crippen LogP contribution >= 0.6 is 0 Å². The Morgan fingerprint density at radius 3 is 2.29 bits per heavy atom. The van der Waals surface area contributed by atoms with Gasteiger partial charge in [-0.2, -0.15) is 13.2 Å². The maximum Gasteiger partial charge on any atom is 0.416 e. The van der Waals surface area contributed by atoms with E-state index in [1.54, 1.807) is 12.1 Å². The first kappa shape index (κ1) is 27.7. The number of carbonyl (C=O) groups is 1. The monoisotopic (exact) mass is 546 g/mol. The molecule has 0 aliphatic carbocycles. The van der Waals surface area contributed by atoms with E-state index in [4.69, 9.17) is 0 Å². The van der Waals surface area contributed by atoms with Crippen LogP contribution in [0.25, 0.3) is 0 Å². The van der Waals surface area contributed by atoms with E-state index in [2.05, 4.69) is 33.8 Å². The molecule has 2 aromatic carbocycles. The molecular formula is C27H29F3N4O3S. The van der Waals surface area contributed by atoms with Crippen LogP contribution in [0.1, 0.15) is 58.2 Å². The molecule has 38 heavy (non-hydrogen) atoms. The largest absolute Gasteiger partial charge is 0.416 e. The van der Waals surface area contributed by atoms with Crippen molar-refractivity contribution in [3.63, 3.8) is 0 Å². The molecule has 0 fully saturated rings. The van der Waals surface area contributed by atoms with Gasteiger partial charge in [0.25, 0.3) is 5.91 Å². The summed E-state index contributed by atoms with van der Waals surface area (Å²) in [7, 11) is -2.19. The van der Waals surface area contributed by atoms with E-state index in [1.807, 2.05) is 6.07 Å². The van der Waals surface area contributed by atoms with Crippen molar-refractivity contribution >= 4 is 15.9 Å². The summed E-state index contributed by atoms with van der Waals surface area (Å²) in [6.45, 7) is 5.32. The SMILES string of the molecule is CNS(=O)(=O)c1ccc(CNC(=O)c2cnc3c(c2)CN(Cc2ccc(C(F)(F)F)cc2)C3C(C)C)cc1. The van der Waals surface area contributed by atoms with Crippen LogP contribution in [-0.2, 0) is 35.8 Å². The van der Waals surface area contributed by atoms with Crippen molar-refractivity contribution < 1.29 is 26.4 Å². The van der Waals surface area contributed by atoms with E-state index < -0.39 is 21.8 Å². The maximum atomic E-state index is 12.9. The molecule has 0 spiro atoms. The summed E-state index contributed by atoms with van der Waals surface area (Å²) in [4.78, 5) is 19.7. The predicted molar refractivity (Wildman–Crippen MR) is 136 cm³/mol. The molecule has 0 radical (unpaired) electrons. The first-order valence-electron chi connectivity index (χ1n) is 12.1. The Hall–Kier alpha value is -3.28. The molecular weight excluding hydrogens is 517 g/mol. The van der Waals surface area contributed by atoms with Gasteiger partial charge in [0, 0.05) is 25.8 Å². The molecule has 0 bridgehead atoms. The molecule has 0 saturated carbocycles. The fourth-order valence-electron chi connectivity index (χ4n) is 4.64. The third kappa shape index (κ3) is 6.06. The number of hydrogen-bond donors (Lipinski definition) is 2. The minimum atomic E-state index is -4.37. The van der Waals surface area contributed by atoms with Crippen LogP contribution in [0.4, 0.5) is 13.2 Å². The van der Waals surface area contributed by atoms with Gasteiger partial charge >= 0.3 is 6.18 Å². The summed E-state index contributed by atoms with van der Waals surface area (Å²) in [6.07, 6.45) is -2.84. The topological polar surface area (TPSA) is 91.4 Å². The molecule has 1 atom stereocenters. The van der Waals surface area contributed by atoms with Crippen molar-refractivity contribution in [2.24, 2.45) is 5.92 Å². The summed E-state index contributed by atoms with van der Waals surface area (Å²) in [6, 6.07) is 13.2. The zero-order chi connectivity index (χ0) is 27.7. The molecule has 11 heteroatoms. The van der Waals surface area contributed by atoms with Crippen molar-refractivity contribution in [3.8, 4) is 0 Å². The fourth-order valence-corrected chi connectivity index (χ4v) is 5.37. The van der Waals surface area contributed by atoms with Crippen LogP contribution < -0.4 is 10.0 Å². The molecule has 1 aliphatic heterocycles. The zero-order valence-electron chi connectivity index (χ0n) is 21.2. The zero-order valence-corrected chi connectivity index (χ0v) is 22.0. The van der Waals surface area contributed by atoms with Gasteiger partial charge in [-0.1, -0.05) is 38.1 Å². The highest BCUT2D eigenvalue weighted by atomic mass is 32.2. The Morgan fingerprint density at radius 1 is 1.08 bits per heavy atom. The second kappa shape index (κ2) is 10.8. The van der Waals surface area contributed by atoms with Gasteiger partial charge < -0.3 is 5.32 Å². The number of benzene rings is 2. The number of carbonyl (C=O) groups excluding carboxylic acids is 1. The van der Waals surface area contributed by atoms with E-state index in [9.17, 15) is 26.4 Å². The molecule has 202 valence electrons. The smallest absolute Gasteiger partial charge is 0.348 e. The number of fused-ring (bicyclic) bond motifs is 1. The molecule has 0 saturated heterocycles. The standard InChI is InChI=1S/C27H29F3N4O3S/c1-17(2)25-24-21(16-34(25)15-19-4-8-22(9-5-19)27(28,29)30)12-20(14-32-24)26(35)33-13-18-6-10-23(11-7-18)38(36,37)31-3/h4-12,14,17,25,31H,13,15-16H2,1-3H3,(H,33,35). The Kier molecular flexibility index (Phi) is 7.91. The lowest BCUT2D eigenvalue weighted by atomic mass is 9.99. The highest BCUT2D eigenvalue weighted by Crippen LogP contribution is 2.39. The summed E-state index contributed by atoms with van der Waals surface area (Å²) >= 11 is 0. The molecule has 2 heterocycles. The number of amides is 1. The molecule has 4 rings (SSSR count). The molecule has 7 nitrogen and oxygen atoms in total. The molecule has 2 N–H and O–H groups in total. The Morgan fingerprint density at radius 2 is 1.71 bits per heavy atom. The van der Waals surface area contributed by atoms with E-state index >= 15 is 0 Å². The number of halogens is 3. The van der Waals surface area contributed by atoms with Gasteiger partial charge in [0.1, 0.15) is 0 Å². The van der Waals surface area contributed by atoms with Gasteiger partial charge in [-0.15, -0.1) is 0 Å². The van der Waals surface area contributed by atoms with Crippen molar-refractivity contribution in [1.82, 2.24) is 19.9 Å². The van der Waals surface area contributed by atoms with Gasteiger partial charge in [0.2, 0.25) is 10.0 Å². The number of pyridine rings is 1. The molecule has 1 aromatic heterocycles. The minimum Gasteiger partial charge on any atom is -0.348 e. The predicted octanol–water partition coefficient (Wildman–Crippen LogP) is 4.65. The van der Waals surface area contributed by atoms with Crippen LogP contribution in [-0.4, -0.2) is 31.3 Å². The van der Waals surface area contributed by atoms with E-state index in [0.29, 0.717) is 18.7 Å². The first-order valence-corrected chi connectivity index (χ1v) is 13.6. The number of aromatic nitrogens is 1. The van der Waals surface area contributed by atoms with Gasteiger partial charge in [-0.25, -0.2) is 13.1 Å². The highest BCUT2D eigenvalue weighted by Gasteiger charge is 2.35. The van der Waals surface area contributed by atoms with Crippen molar-refractivity contribution in [3.05, 3.63) is 94.3 Å². The minimum absolute atomic E-state index is 0.0307. The second-order valence-electron chi connectivity index (χ2n) is 9.59. The summed E-state index contributed by atoms with van der Waals surface area (Å²) in [5.41, 5.74) is 3.00. The van der Waals surface area contributed by atoms with Gasteiger partial charge in [0.05, 0.1) is 27.8 Å². The van der Waals surface area contributed by atoms with Gasteiger partial charge in [-0.3, -0.25) is 14.7 Å². The average Bonchev–Trinajstić information content (AvgIpc) is 3.24. The fraction of sp³-hybridized carbons (Fsp3) is 0.333. The number of rotatable bonds is 8. The van der Waals surface area contributed by atoms with Crippen LogP contribution in [0.3, 0.4) is 0 Å². The summed E-state index contributed by atoms with van der Waals surface area (Å²) < 4.78 is 64.8. The van der Waals surface area contributed by atoms with E-state index in [-0.39, 0.29) is 29.3 Å². The summed E-state index contributed by atoms with van der Waals surface area (Å²) in [5.74, 6) is -0.109. The maximum absolute atomic E-state index is 12.9. The number of sulfonamides is 1. The van der Waals surface area contributed by atoms with E-state index in [0.717, 1.165) is 34.5 Å². The van der Waals surface area contributed by atoms with Crippen LogP contribution in [0, 0.1) is 5.92 Å². The van der Waals surface area contributed by atoms with Gasteiger partial charge in [0.15, 0.2) is 0 Å². The van der Waals surface area contributed by atoms with Gasteiger partial charge in [-0.05, 0) is 60.0 Å². The van der Waals surface area contributed by atoms with Crippen LogP contribution in [0.15, 0.2) is 65.7 Å². The molecule has 3 aromatic rings. The third-order valence-corrected chi connectivity index (χ3v) is 7.99. The first-order chi connectivity index (χ1) is 17.9. The normalized spacial score (nSPS) is 16.0. The van der Waals surface area contributed by atoms with Crippen molar-refractivity contribution in [2.75, 3.05) is 7.05 Å². The van der Waals surface area contributed by atoms with Crippen molar-refractivity contribution in [1.29, 1.82) is 0 Å². The van der Waals surface area contributed by atoms with Crippen LogP contribution in [0.2, 0.25) is 0 Å². The Bertz CT molecular complexity index is 1410. The average molecular weight is 547 g/mol.